The average molecular weight is 257 g/mol. The van der Waals surface area contributed by atoms with Crippen molar-refractivity contribution in [2.45, 2.75) is 43.4 Å². The Kier molecular flexibility index (Phi) is 3.97. The minimum Gasteiger partial charge on any atom is -0.481 e. The van der Waals surface area contributed by atoms with Crippen molar-refractivity contribution in [3.05, 3.63) is 0 Å². The molecular weight excluding hydrogens is 238 g/mol. The first-order valence-corrected chi connectivity index (χ1v) is 7.45. The molecule has 0 aromatic carbocycles. The van der Waals surface area contributed by atoms with Gasteiger partial charge in [-0.1, -0.05) is 0 Å². The van der Waals surface area contributed by atoms with Crippen molar-refractivity contribution < 1.29 is 14.7 Å². The minimum absolute atomic E-state index is 0.0324. The zero-order valence-electron chi connectivity index (χ0n) is 10.1. The summed E-state index contributed by atoms with van der Waals surface area (Å²) in [4.78, 5) is 24.5. The smallest absolute Gasteiger partial charge is 0.308 e. The number of carbonyl (C=O) groups excluding carboxylic acids is 1. The van der Waals surface area contributed by atoms with E-state index in [2.05, 4.69) is 6.26 Å². The second-order valence-corrected chi connectivity index (χ2v) is 6.09. The van der Waals surface area contributed by atoms with Gasteiger partial charge in [-0.3, -0.25) is 9.59 Å². The molecule has 0 aromatic rings. The summed E-state index contributed by atoms with van der Waals surface area (Å²) < 4.78 is 0. The van der Waals surface area contributed by atoms with Gasteiger partial charge in [0.25, 0.3) is 0 Å². The second-order valence-electron chi connectivity index (χ2n) is 4.95. The van der Waals surface area contributed by atoms with Crippen molar-refractivity contribution in [2.24, 2.45) is 5.92 Å². The van der Waals surface area contributed by atoms with Crippen LogP contribution >= 0.6 is 11.8 Å². The van der Waals surface area contributed by atoms with Crippen molar-refractivity contribution in [1.82, 2.24) is 4.90 Å². The maximum Gasteiger partial charge on any atom is 0.308 e. The molecule has 0 spiro atoms. The van der Waals surface area contributed by atoms with E-state index in [1.807, 2.05) is 16.7 Å². The number of thioether (sulfide) groups is 1. The van der Waals surface area contributed by atoms with Gasteiger partial charge in [-0.15, -0.1) is 0 Å². The number of hydrogen-bond donors (Lipinski definition) is 1. The molecule has 1 atom stereocenters. The number of amides is 1. The lowest BCUT2D eigenvalue weighted by atomic mass is 9.94. The van der Waals surface area contributed by atoms with Crippen molar-refractivity contribution in [2.75, 3.05) is 12.8 Å². The van der Waals surface area contributed by atoms with Gasteiger partial charge in [0.1, 0.15) is 0 Å². The number of carbonyl (C=O) groups is 2. The maximum absolute atomic E-state index is 11.8. The first kappa shape index (κ1) is 12.7. The summed E-state index contributed by atoms with van der Waals surface area (Å²) in [5.41, 5.74) is 0. The molecule has 17 heavy (non-hydrogen) atoms. The Morgan fingerprint density at radius 2 is 2.00 bits per heavy atom. The summed E-state index contributed by atoms with van der Waals surface area (Å²) in [5.74, 6) is -1.29. The lowest BCUT2D eigenvalue weighted by Crippen LogP contribution is -2.39. The number of carboxylic acid groups (broad SMARTS) is 1. The molecule has 1 saturated heterocycles. The topological polar surface area (TPSA) is 57.6 Å². The van der Waals surface area contributed by atoms with Gasteiger partial charge in [-0.2, -0.15) is 11.8 Å². The molecule has 1 N–H and O–H groups in total. The van der Waals surface area contributed by atoms with Crippen LogP contribution in [0.15, 0.2) is 0 Å². The molecule has 96 valence electrons. The Balaban J connectivity index is 1.91. The molecular formula is C12H19NO3S. The Labute approximate surface area is 106 Å². The molecule has 1 aliphatic heterocycles. The van der Waals surface area contributed by atoms with Crippen molar-refractivity contribution >= 4 is 23.6 Å². The predicted octanol–water partition coefficient (Wildman–Crippen LogP) is 1.59. The van der Waals surface area contributed by atoms with E-state index >= 15 is 0 Å². The van der Waals surface area contributed by atoms with E-state index in [4.69, 9.17) is 5.11 Å². The molecule has 2 aliphatic rings. The number of aliphatic carboxylic acids is 1. The van der Waals surface area contributed by atoms with Crippen LogP contribution in [-0.2, 0) is 9.59 Å². The highest BCUT2D eigenvalue weighted by Gasteiger charge is 2.38. The quantitative estimate of drug-likeness (QED) is 0.834. The van der Waals surface area contributed by atoms with E-state index in [0.29, 0.717) is 6.54 Å². The van der Waals surface area contributed by atoms with Crippen LogP contribution in [0.25, 0.3) is 0 Å². The van der Waals surface area contributed by atoms with Crippen LogP contribution in [-0.4, -0.2) is 46.0 Å². The minimum atomic E-state index is -0.835. The number of rotatable bonds is 3. The Hall–Kier alpha value is -0.710. The lowest BCUT2D eigenvalue weighted by Gasteiger charge is -2.34. The van der Waals surface area contributed by atoms with Crippen molar-refractivity contribution in [3.63, 3.8) is 0 Å². The standard InChI is InChI=1S/C12H19NO3S/c1-17-10-4-2-9(3-5-10)13-7-8(12(15)16)6-11(13)14/h8-10H,2-7H2,1H3,(H,15,16). The Bertz CT molecular complexity index is 313. The van der Waals surface area contributed by atoms with E-state index < -0.39 is 11.9 Å². The zero-order chi connectivity index (χ0) is 12.4. The summed E-state index contributed by atoms with van der Waals surface area (Å²) in [6.45, 7) is 0.419. The third-order valence-corrected chi connectivity index (χ3v) is 5.06. The molecule has 1 unspecified atom stereocenters. The van der Waals surface area contributed by atoms with E-state index in [0.717, 1.165) is 30.9 Å². The highest BCUT2D eigenvalue weighted by molar-refractivity contribution is 7.99. The summed E-state index contributed by atoms with van der Waals surface area (Å²) in [5, 5.41) is 9.67. The molecule has 1 heterocycles. The van der Waals surface area contributed by atoms with Crippen molar-refractivity contribution in [3.8, 4) is 0 Å². The fraction of sp³-hybridized carbons (Fsp3) is 0.833. The van der Waals surface area contributed by atoms with Crippen molar-refractivity contribution in [1.29, 1.82) is 0 Å². The van der Waals surface area contributed by atoms with Gasteiger partial charge in [0.15, 0.2) is 0 Å². The molecule has 0 bridgehead atoms. The van der Waals surface area contributed by atoms with Gasteiger partial charge in [-0.25, -0.2) is 0 Å². The SMILES string of the molecule is CSC1CCC(N2CC(C(=O)O)CC2=O)CC1. The van der Waals surface area contributed by atoms with Gasteiger partial charge >= 0.3 is 5.97 Å². The molecule has 2 rings (SSSR count). The average Bonchev–Trinajstić information content (AvgIpc) is 2.72. The van der Waals surface area contributed by atoms with Crippen LogP contribution in [0.2, 0.25) is 0 Å². The summed E-state index contributed by atoms with van der Waals surface area (Å²) >= 11 is 1.90. The first-order valence-electron chi connectivity index (χ1n) is 6.17. The fourth-order valence-corrected chi connectivity index (χ4v) is 3.59. The van der Waals surface area contributed by atoms with Crippen LogP contribution in [0.4, 0.5) is 0 Å². The molecule has 1 amide bonds. The summed E-state index contributed by atoms with van der Waals surface area (Å²) in [7, 11) is 0. The van der Waals surface area contributed by atoms with Gasteiger partial charge in [0.2, 0.25) is 5.91 Å². The Morgan fingerprint density at radius 1 is 1.35 bits per heavy atom. The lowest BCUT2D eigenvalue weighted by molar-refractivity contribution is -0.141. The molecule has 4 nitrogen and oxygen atoms in total. The number of carboxylic acids is 1. The summed E-state index contributed by atoms with van der Waals surface area (Å²) in [6, 6.07) is 0.287. The van der Waals surface area contributed by atoms with Crippen LogP contribution in [0.3, 0.4) is 0 Å². The summed E-state index contributed by atoms with van der Waals surface area (Å²) in [6.07, 6.45) is 6.68. The van der Waals surface area contributed by atoms with Gasteiger partial charge in [0.05, 0.1) is 5.92 Å². The highest BCUT2D eigenvalue weighted by Crippen LogP contribution is 2.32. The van der Waals surface area contributed by atoms with Crippen LogP contribution in [0.1, 0.15) is 32.1 Å². The predicted molar refractivity (Wildman–Crippen MR) is 67.0 cm³/mol. The maximum atomic E-state index is 11.8. The van der Waals surface area contributed by atoms with Gasteiger partial charge < -0.3 is 10.0 Å². The Morgan fingerprint density at radius 3 is 2.47 bits per heavy atom. The van der Waals surface area contributed by atoms with E-state index in [1.54, 1.807) is 0 Å². The normalized spacial score (nSPS) is 34.1. The van der Waals surface area contributed by atoms with Crippen LogP contribution < -0.4 is 0 Å². The molecule has 2 fully saturated rings. The number of hydrogen-bond acceptors (Lipinski definition) is 3. The number of likely N-dealkylation sites (tertiary alicyclic amines) is 1. The second kappa shape index (κ2) is 5.29. The molecule has 5 heteroatoms. The van der Waals surface area contributed by atoms with Crippen LogP contribution in [0, 0.1) is 5.92 Å². The monoisotopic (exact) mass is 257 g/mol. The molecule has 1 aliphatic carbocycles. The third-order valence-electron chi connectivity index (χ3n) is 3.93. The first-order chi connectivity index (χ1) is 8.11. The molecule has 0 radical (unpaired) electrons. The van der Waals surface area contributed by atoms with Gasteiger partial charge in [-0.05, 0) is 31.9 Å². The van der Waals surface area contributed by atoms with Gasteiger partial charge in [0, 0.05) is 24.3 Å². The molecule has 1 saturated carbocycles. The zero-order valence-corrected chi connectivity index (χ0v) is 10.9. The van der Waals surface area contributed by atoms with E-state index in [9.17, 15) is 9.59 Å². The van der Waals surface area contributed by atoms with E-state index in [-0.39, 0.29) is 18.4 Å². The molecule has 0 aromatic heterocycles. The highest BCUT2D eigenvalue weighted by atomic mass is 32.2. The fourth-order valence-electron chi connectivity index (χ4n) is 2.84. The van der Waals surface area contributed by atoms with Crippen LogP contribution in [0.5, 0.6) is 0 Å². The number of nitrogens with zero attached hydrogens (tertiary/aromatic N) is 1. The van der Waals surface area contributed by atoms with E-state index in [1.165, 1.54) is 0 Å². The largest absolute Gasteiger partial charge is 0.481 e. The third kappa shape index (κ3) is 2.76.